The van der Waals surface area contributed by atoms with Gasteiger partial charge in [-0.3, -0.25) is 4.79 Å². The fraction of sp³-hybridized carbons (Fsp3) is 0.579. The van der Waals surface area contributed by atoms with Crippen LogP contribution in [-0.4, -0.2) is 35.4 Å². The molecular formula is C19H30N2O4. The molecule has 0 unspecified atom stereocenters. The monoisotopic (exact) mass is 350 g/mol. The number of ether oxygens (including phenoxy) is 1. The van der Waals surface area contributed by atoms with Gasteiger partial charge < -0.3 is 20.5 Å². The summed E-state index contributed by atoms with van der Waals surface area (Å²) < 4.78 is 5.24. The third-order valence-electron chi connectivity index (χ3n) is 3.42. The van der Waals surface area contributed by atoms with Crippen LogP contribution in [0.15, 0.2) is 30.3 Å². The summed E-state index contributed by atoms with van der Waals surface area (Å²) in [5.41, 5.74) is 0.166. The fourth-order valence-electron chi connectivity index (χ4n) is 2.34. The number of benzene rings is 1. The van der Waals surface area contributed by atoms with Gasteiger partial charge in [0.2, 0.25) is 5.91 Å². The van der Waals surface area contributed by atoms with Gasteiger partial charge in [0.1, 0.15) is 11.6 Å². The molecule has 2 atom stereocenters. The number of nitrogens with one attached hydrogen (secondary N) is 2. The third-order valence-corrected chi connectivity index (χ3v) is 3.42. The van der Waals surface area contributed by atoms with Crippen molar-refractivity contribution in [3.63, 3.8) is 0 Å². The van der Waals surface area contributed by atoms with E-state index >= 15 is 0 Å². The van der Waals surface area contributed by atoms with E-state index in [9.17, 15) is 14.7 Å². The largest absolute Gasteiger partial charge is 0.444 e. The SMILES string of the molecule is CC(C)C[C@H](NC(=O)OC(C)(C)C)C(=O)N[C@H](CO)c1ccccc1. The molecule has 6 nitrogen and oxygen atoms in total. The zero-order chi connectivity index (χ0) is 19.0. The van der Waals surface area contributed by atoms with E-state index in [1.807, 2.05) is 44.2 Å². The van der Waals surface area contributed by atoms with Gasteiger partial charge in [-0.05, 0) is 38.7 Å². The average molecular weight is 350 g/mol. The second kappa shape index (κ2) is 9.42. The van der Waals surface area contributed by atoms with Crippen molar-refractivity contribution >= 4 is 12.0 Å². The van der Waals surface area contributed by atoms with Crippen LogP contribution in [-0.2, 0) is 9.53 Å². The molecule has 25 heavy (non-hydrogen) atoms. The van der Waals surface area contributed by atoms with Crippen LogP contribution in [0.4, 0.5) is 4.79 Å². The van der Waals surface area contributed by atoms with E-state index < -0.39 is 23.8 Å². The number of aliphatic hydroxyl groups is 1. The summed E-state index contributed by atoms with van der Waals surface area (Å²) >= 11 is 0. The fourth-order valence-corrected chi connectivity index (χ4v) is 2.34. The number of rotatable bonds is 7. The molecule has 0 aliphatic rings. The van der Waals surface area contributed by atoms with E-state index in [1.165, 1.54) is 0 Å². The maximum Gasteiger partial charge on any atom is 0.408 e. The topological polar surface area (TPSA) is 87.7 Å². The maximum atomic E-state index is 12.6. The van der Waals surface area contributed by atoms with Gasteiger partial charge in [0, 0.05) is 0 Å². The second-order valence-electron chi connectivity index (χ2n) is 7.48. The lowest BCUT2D eigenvalue weighted by Gasteiger charge is -2.26. The molecule has 0 bridgehead atoms. The quantitative estimate of drug-likeness (QED) is 0.705. The van der Waals surface area contributed by atoms with Crippen LogP contribution in [0.3, 0.4) is 0 Å². The molecule has 140 valence electrons. The number of hydrogen-bond acceptors (Lipinski definition) is 4. The molecular weight excluding hydrogens is 320 g/mol. The van der Waals surface area contributed by atoms with Crippen molar-refractivity contribution in [2.75, 3.05) is 6.61 Å². The molecule has 0 saturated carbocycles. The summed E-state index contributed by atoms with van der Waals surface area (Å²) in [6.45, 7) is 9.01. The molecule has 1 rings (SSSR count). The molecule has 1 aromatic rings. The van der Waals surface area contributed by atoms with Crippen molar-refractivity contribution in [3.05, 3.63) is 35.9 Å². The second-order valence-corrected chi connectivity index (χ2v) is 7.48. The zero-order valence-electron chi connectivity index (χ0n) is 15.7. The normalized spacial score (nSPS) is 13.9. The lowest BCUT2D eigenvalue weighted by Crippen LogP contribution is -2.49. The van der Waals surface area contributed by atoms with Crippen LogP contribution in [0.5, 0.6) is 0 Å². The van der Waals surface area contributed by atoms with Crippen LogP contribution < -0.4 is 10.6 Å². The molecule has 6 heteroatoms. The van der Waals surface area contributed by atoms with Gasteiger partial charge in [-0.25, -0.2) is 4.79 Å². The maximum absolute atomic E-state index is 12.6. The Morgan fingerprint density at radius 1 is 1.12 bits per heavy atom. The van der Waals surface area contributed by atoms with E-state index in [0.717, 1.165) is 5.56 Å². The minimum atomic E-state index is -0.729. The summed E-state index contributed by atoms with van der Waals surface area (Å²) in [6, 6.07) is 7.96. The highest BCUT2D eigenvalue weighted by Crippen LogP contribution is 2.14. The average Bonchev–Trinajstić information content (AvgIpc) is 2.50. The minimum absolute atomic E-state index is 0.204. The van der Waals surface area contributed by atoms with Crippen molar-refractivity contribution < 1.29 is 19.4 Å². The summed E-state index contributed by atoms with van der Waals surface area (Å²) in [6.07, 6.45) is -0.161. The van der Waals surface area contributed by atoms with Crippen LogP contribution >= 0.6 is 0 Å². The van der Waals surface area contributed by atoms with Crippen molar-refractivity contribution in [1.82, 2.24) is 10.6 Å². The summed E-state index contributed by atoms with van der Waals surface area (Å²) in [5, 5.41) is 15.0. The molecule has 0 heterocycles. The number of carbonyl (C=O) groups is 2. The van der Waals surface area contributed by atoms with Crippen LogP contribution in [0, 0.1) is 5.92 Å². The predicted octanol–water partition coefficient (Wildman–Crippen LogP) is 2.78. The number of aliphatic hydroxyl groups excluding tert-OH is 1. The number of hydrogen-bond donors (Lipinski definition) is 3. The molecule has 2 amide bonds. The first-order valence-electron chi connectivity index (χ1n) is 8.58. The molecule has 0 spiro atoms. The van der Waals surface area contributed by atoms with Gasteiger partial charge >= 0.3 is 6.09 Å². The third kappa shape index (κ3) is 8.03. The number of alkyl carbamates (subject to hydrolysis) is 1. The summed E-state index contributed by atoms with van der Waals surface area (Å²) in [5.74, 6) is -0.141. The molecule has 0 aromatic heterocycles. The number of amides is 2. The van der Waals surface area contributed by atoms with E-state index in [0.29, 0.717) is 6.42 Å². The van der Waals surface area contributed by atoms with E-state index in [4.69, 9.17) is 4.74 Å². The number of carbonyl (C=O) groups excluding carboxylic acids is 2. The van der Waals surface area contributed by atoms with E-state index in [2.05, 4.69) is 10.6 Å². The first kappa shape index (κ1) is 21.0. The van der Waals surface area contributed by atoms with Gasteiger partial charge in [-0.2, -0.15) is 0 Å². The Labute approximate surface area is 150 Å². The predicted molar refractivity (Wildman–Crippen MR) is 97.0 cm³/mol. The smallest absolute Gasteiger partial charge is 0.408 e. The van der Waals surface area contributed by atoms with Crippen molar-refractivity contribution in [2.24, 2.45) is 5.92 Å². The van der Waals surface area contributed by atoms with Gasteiger partial charge in [-0.15, -0.1) is 0 Å². The van der Waals surface area contributed by atoms with E-state index in [-0.39, 0.29) is 18.4 Å². The Morgan fingerprint density at radius 3 is 2.20 bits per heavy atom. The summed E-state index contributed by atoms with van der Waals surface area (Å²) in [7, 11) is 0. The Hall–Kier alpha value is -2.08. The van der Waals surface area contributed by atoms with Crippen LogP contribution in [0.25, 0.3) is 0 Å². The highest BCUT2D eigenvalue weighted by atomic mass is 16.6. The molecule has 0 aliphatic heterocycles. The lowest BCUT2D eigenvalue weighted by atomic mass is 10.0. The van der Waals surface area contributed by atoms with Gasteiger partial charge in [0.15, 0.2) is 0 Å². The standard InChI is InChI=1S/C19H30N2O4/c1-13(2)11-15(21-18(24)25-19(3,4)5)17(23)20-16(12-22)14-9-7-6-8-10-14/h6-10,13,15-16,22H,11-12H2,1-5H3,(H,20,23)(H,21,24)/t15-,16+/m0/s1. The molecule has 3 N–H and O–H groups in total. The molecule has 1 aromatic carbocycles. The Bertz CT molecular complexity index is 552. The highest BCUT2D eigenvalue weighted by Gasteiger charge is 2.26. The van der Waals surface area contributed by atoms with Crippen molar-refractivity contribution in [2.45, 2.75) is 58.7 Å². The van der Waals surface area contributed by atoms with Gasteiger partial charge in [-0.1, -0.05) is 44.2 Å². The van der Waals surface area contributed by atoms with Crippen molar-refractivity contribution in [3.8, 4) is 0 Å². The molecule has 0 fully saturated rings. The molecule has 0 saturated heterocycles. The minimum Gasteiger partial charge on any atom is -0.444 e. The molecule has 0 radical (unpaired) electrons. The van der Waals surface area contributed by atoms with Crippen LogP contribution in [0.1, 0.15) is 52.6 Å². The Morgan fingerprint density at radius 2 is 1.72 bits per heavy atom. The first-order valence-corrected chi connectivity index (χ1v) is 8.58. The van der Waals surface area contributed by atoms with Gasteiger partial charge in [0.25, 0.3) is 0 Å². The van der Waals surface area contributed by atoms with Crippen LogP contribution in [0.2, 0.25) is 0 Å². The van der Waals surface area contributed by atoms with Crippen molar-refractivity contribution in [1.29, 1.82) is 0 Å². The first-order chi connectivity index (χ1) is 11.6. The highest BCUT2D eigenvalue weighted by molar-refractivity contribution is 5.86. The Kier molecular flexibility index (Phi) is 7.90. The lowest BCUT2D eigenvalue weighted by molar-refractivity contribution is -0.124. The van der Waals surface area contributed by atoms with Gasteiger partial charge in [0.05, 0.1) is 12.6 Å². The Balaban J connectivity index is 2.80. The van der Waals surface area contributed by atoms with E-state index in [1.54, 1.807) is 20.8 Å². The summed E-state index contributed by atoms with van der Waals surface area (Å²) in [4.78, 5) is 24.6. The molecule has 0 aliphatic carbocycles. The zero-order valence-corrected chi connectivity index (χ0v) is 15.7.